The molecule has 1 atom stereocenters. The van der Waals surface area contributed by atoms with Crippen molar-refractivity contribution in [2.45, 2.75) is 18.8 Å². The van der Waals surface area contributed by atoms with Gasteiger partial charge in [0, 0.05) is 35.8 Å². The third kappa shape index (κ3) is 5.11. The van der Waals surface area contributed by atoms with Crippen LogP contribution >= 0.6 is 11.6 Å². The fourth-order valence-corrected chi connectivity index (χ4v) is 3.89. The maximum Gasteiger partial charge on any atom is 0.260 e. The quantitative estimate of drug-likeness (QED) is 0.639. The second kappa shape index (κ2) is 9.31. The van der Waals surface area contributed by atoms with Crippen molar-refractivity contribution < 1.29 is 13.9 Å². The Morgan fingerprint density at radius 1 is 1.19 bits per heavy atom. The molecule has 0 radical (unpaired) electrons. The fourth-order valence-electron chi connectivity index (χ4n) is 3.77. The van der Waals surface area contributed by atoms with E-state index in [2.05, 4.69) is 9.97 Å². The van der Waals surface area contributed by atoms with Crippen molar-refractivity contribution in [3.63, 3.8) is 0 Å². The third-order valence-corrected chi connectivity index (χ3v) is 5.58. The number of anilines is 1. The number of halogens is 2. The highest BCUT2D eigenvalue weighted by Gasteiger charge is 2.28. The van der Waals surface area contributed by atoms with Gasteiger partial charge in [0.25, 0.3) is 5.91 Å². The topological polar surface area (TPSA) is 81.3 Å². The maximum absolute atomic E-state index is 13.0. The lowest BCUT2D eigenvalue weighted by atomic mass is 9.90. The molecule has 8 heteroatoms. The molecule has 160 valence electrons. The van der Waals surface area contributed by atoms with E-state index in [0.29, 0.717) is 23.9 Å². The highest BCUT2D eigenvalue weighted by atomic mass is 35.5. The lowest BCUT2D eigenvalue weighted by molar-refractivity contribution is -0.134. The van der Waals surface area contributed by atoms with Crippen LogP contribution in [0, 0.1) is 5.82 Å². The standard InChI is InChI=1S/C23H22ClFN4O2/c24-17-5-3-15(4-6-17)20-12-27-23(26)28-22(20)16-2-1-11-29(13-16)21(30)14-31-19-9-7-18(25)8-10-19/h3-10,12,16H,1-2,11,13-14H2,(H2,26,27,28)/t16-/m0/s1. The molecule has 1 amide bonds. The van der Waals surface area contributed by atoms with Gasteiger partial charge in [0.2, 0.25) is 5.95 Å². The Labute approximate surface area is 184 Å². The van der Waals surface area contributed by atoms with E-state index in [1.54, 1.807) is 11.1 Å². The number of amides is 1. The molecule has 6 nitrogen and oxygen atoms in total. The van der Waals surface area contributed by atoms with Crippen molar-refractivity contribution in [3.05, 3.63) is 71.3 Å². The number of nitrogens with zero attached hydrogens (tertiary/aromatic N) is 3. The number of carbonyl (C=O) groups excluding carboxylic acids is 1. The zero-order chi connectivity index (χ0) is 21.8. The molecular formula is C23H22ClFN4O2. The van der Waals surface area contributed by atoms with E-state index in [1.807, 2.05) is 24.3 Å². The van der Waals surface area contributed by atoms with E-state index in [1.165, 1.54) is 24.3 Å². The highest BCUT2D eigenvalue weighted by molar-refractivity contribution is 6.30. The summed E-state index contributed by atoms with van der Waals surface area (Å²) in [5.41, 5.74) is 8.54. The fraction of sp³-hybridized carbons (Fsp3) is 0.261. The molecule has 1 aliphatic rings. The first-order chi connectivity index (χ1) is 15.0. The summed E-state index contributed by atoms with van der Waals surface area (Å²) in [4.78, 5) is 23.2. The lowest BCUT2D eigenvalue weighted by Gasteiger charge is -2.33. The molecule has 2 heterocycles. The van der Waals surface area contributed by atoms with Gasteiger partial charge in [-0.15, -0.1) is 0 Å². The number of piperidine rings is 1. The number of hydrogen-bond acceptors (Lipinski definition) is 5. The van der Waals surface area contributed by atoms with Crippen molar-refractivity contribution in [3.8, 4) is 16.9 Å². The number of nitrogen functional groups attached to an aromatic ring is 1. The molecular weight excluding hydrogens is 419 g/mol. The van der Waals surface area contributed by atoms with Gasteiger partial charge in [0.15, 0.2) is 6.61 Å². The molecule has 2 aromatic carbocycles. The maximum atomic E-state index is 13.0. The zero-order valence-electron chi connectivity index (χ0n) is 16.8. The van der Waals surface area contributed by atoms with Crippen molar-refractivity contribution in [1.29, 1.82) is 0 Å². The Morgan fingerprint density at radius 3 is 2.68 bits per heavy atom. The van der Waals surface area contributed by atoms with Crippen LogP contribution in [0.2, 0.25) is 5.02 Å². The summed E-state index contributed by atoms with van der Waals surface area (Å²) in [7, 11) is 0. The van der Waals surface area contributed by atoms with E-state index >= 15 is 0 Å². The van der Waals surface area contributed by atoms with Crippen LogP contribution in [0.25, 0.3) is 11.1 Å². The largest absolute Gasteiger partial charge is 0.484 e. The normalized spacial score (nSPS) is 16.2. The average Bonchev–Trinajstić information content (AvgIpc) is 2.79. The number of nitrogens with two attached hydrogens (primary N) is 1. The van der Waals surface area contributed by atoms with Gasteiger partial charge in [-0.1, -0.05) is 23.7 Å². The number of hydrogen-bond donors (Lipinski definition) is 1. The van der Waals surface area contributed by atoms with E-state index in [4.69, 9.17) is 22.1 Å². The van der Waals surface area contributed by atoms with Gasteiger partial charge in [0.1, 0.15) is 11.6 Å². The number of likely N-dealkylation sites (tertiary alicyclic amines) is 1. The van der Waals surface area contributed by atoms with Gasteiger partial charge in [-0.2, -0.15) is 0 Å². The molecule has 1 aliphatic heterocycles. The first-order valence-corrected chi connectivity index (χ1v) is 10.4. The number of benzene rings is 2. The van der Waals surface area contributed by atoms with Gasteiger partial charge in [-0.05, 0) is 54.8 Å². The first kappa shape index (κ1) is 21.1. The summed E-state index contributed by atoms with van der Waals surface area (Å²) in [6, 6.07) is 13.1. The molecule has 31 heavy (non-hydrogen) atoms. The molecule has 2 N–H and O–H groups in total. The average molecular weight is 441 g/mol. The molecule has 0 unspecified atom stereocenters. The molecule has 3 aromatic rings. The van der Waals surface area contributed by atoms with E-state index < -0.39 is 0 Å². The molecule has 0 bridgehead atoms. The lowest BCUT2D eigenvalue weighted by Crippen LogP contribution is -2.41. The van der Waals surface area contributed by atoms with Crippen LogP contribution in [-0.4, -0.2) is 40.5 Å². The van der Waals surface area contributed by atoms with Gasteiger partial charge >= 0.3 is 0 Å². The van der Waals surface area contributed by atoms with Crippen LogP contribution in [0.1, 0.15) is 24.5 Å². The number of aromatic nitrogens is 2. The number of rotatable bonds is 5. The molecule has 1 fully saturated rings. The van der Waals surface area contributed by atoms with Gasteiger partial charge in [-0.25, -0.2) is 14.4 Å². The van der Waals surface area contributed by atoms with E-state index in [9.17, 15) is 9.18 Å². The summed E-state index contributed by atoms with van der Waals surface area (Å²) in [5.74, 6) is 0.217. The summed E-state index contributed by atoms with van der Waals surface area (Å²) in [6.07, 6.45) is 3.45. The predicted octanol–water partition coefficient (Wildman–Crippen LogP) is 4.30. The van der Waals surface area contributed by atoms with Crippen molar-refractivity contribution >= 4 is 23.5 Å². The Bertz CT molecular complexity index is 1060. The van der Waals surface area contributed by atoms with Crippen LogP contribution in [0.5, 0.6) is 5.75 Å². The van der Waals surface area contributed by atoms with Gasteiger partial charge < -0.3 is 15.4 Å². The van der Waals surface area contributed by atoms with Gasteiger partial charge in [0.05, 0.1) is 5.69 Å². The van der Waals surface area contributed by atoms with Crippen molar-refractivity contribution in [2.75, 3.05) is 25.4 Å². The van der Waals surface area contributed by atoms with Crippen LogP contribution in [0.15, 0.2) is 54.7 Å². The van der Waals surface area contributed by atoms with Crippen LogP contribution < -0.4 is 10.5 Å². The minimum Gasteiger partial charge on any atom is -0.484 e. The summed E-state index contributed by atoms with van der Waals surface area (Å²) < 4.78 is 18.6. The molecule has 0 spiro atoms. The van der Waals surface area contributed by atoms with Crippen LogP contribution in [-0.2, 0) is 4.79 Å². The first-order valence-electron chi connectivity index (χ1n) is 10.0. The summed E-state index contributed by atoms with van der Waals surface area (Å²) in [6.45, 7) is 1.07. The van der Waals surface area contributed by atoms with E-state index in [0.717, 1.165) is 29.7 Å². The Balaban J connectivity index is 1.49. The molecule has 0 saturated carbocycles. The van der Waals surface area contributed by atoms with Crippen molar-refractivity contribution in [2.24, 2.45) is 0 Å². The van der Waals surface area contributed by atoms with E-state index in [-0.39, 0.29) is 30.2 Å². The SMILES string of the molecule is Nc1ncc(-c2ccc(Cl)cc2)c([C@H]2CCCN(C(=O)COc3ccc(F)cc3)C2)n1. The molecule has 0 aliphatic carbocycles. The van der Waals surface area contributed by atoms with Crippen molar-refractivity contribution in [1.82, 2.24) is 14.9 Å². The summed E-state index contributed by atoms with van der Waals surface area (Å²) >= 11 is 6.02. The second-order valence-electron chi connectivity index (χ2n) is 7.46. The number of ether oxygens (including phenoxy) is 1. The zero-order valence-corrected chi connectivity index (χ0v) is 17.6. The molecule has 1 aromatic heterocycles. The number of carbonyl (C=O) groups is 1. The highest BCUT2D eigenvalue weighted by Crippen LogP contribution is 2.33. The minimum absolute atomic E-state index is 0.0273. The Morgan fingerprint density at radius 2 is 1.94 bits per heavy atom. The van der Waals surface area contributed by atoms with Gasteiger partial charge in [-0.3, -0.25) is 4.79 Å². The Kier molecular flexibility index (Phi) is 6.32. The smallest absolute Gasteiger partial charge is 0.260 e. The predicted molar refractivity (Wildman–Crippen MR) is 117 cm³/mol. The third-order valence-electron chi connectivity index (χ3n) is 5.33. The van der Waals surface area contributed by atoms with Crippen LogP contribution in [0.4, 0.5) is 10.3 Å². The monoisotopic (exact) mass is 440 g/mol. The Hall–Kier alpha value is -3.19. The minimum atomic E-state index is -0.349. The van der Waals surface area contributed by atoms with Crippen LogP contribution in [0.3, 0.4) is 0 Å². The molecule has 1 saturated heterocycles. The second-order valence-corrected chi connectivity index (χ2v) is 7.89. The molecule has 4 rings (SSSR count). The summed E-state index contributed by atoms with van der Waals surface area (Å²) in [5, 5.41) is 0.650.